The van der Waals surface area contributed by atoms with Gasteiger partial charge in [0.1, 0.15) is 0 Å². The Morgan fingerprint density at radius 1 is 1.64 bits per heavy atom. The first-order chi connectivity index (χ1) is 5.26. The Morgan fingerprint density at radius 3 is 2.64 bits per heavy atom. The lowest BCUT2D eigenvalue weighted by molar-refractivity contribution is 0.323. The molecule has 11 heavy (non-hydrogen) atoms. The number of thiocarbonyl (C=S) groups is 1. The van der Waals surface area contributed by atoms with E-state index in [2.05, 4.69) is 4.85 Å². The van der Waals surface area contributed by atoms with Gasteiger partial charge in [0.05, 0.1) is 6.61 Å². The van der Waals surface area contributed by atoms with Crippen molar-refractivity contribution in [3.63, 3.8) is 0 Å². The maximum absolute atomic E-state index is 6.83. The summed E-state index contributed by atoms with van der Waals surface area (Å²) in [6, 6.07) is -0.213. The monoisotopic (exact) mass is 171 g/mol. The summed E-state index contributed by atoms with van der Waals surface area (Å²) in [6.07, 6.45) is 1.78. The van der Waals surface area contributed by atoms with Crippen LogP contribution in [0.2, 0.25) is 0 Å². The van der Waals surface area contributed by atoms with Gasteiger partial charge >= 0.3 is 0 Å². The molecule has 0 amide bonds. The summed E-state index contributed by atoms with van der Waals surface area (Å²) in [5.74, 6) is 0. The van der Waals surface area contributed by atoms with Crippen LogP contribution in [0.5, 0.6) is 0 Å². The van der Waals surface area contributed by atoms with Crippen LogP contribution in [0.15, 0.2) is 0 Å². The number of nitrogens with zero attached hydrogens (tertiary/aromatic N) is 1. The molecular formula is C8H13NOS. The molecular weight excluding hydrogens is 158 g/mol. The van der Waals surface area contributed by atoms with Crippen molar-refractivity contribution in [1.82, 2.24) is 0 Å². The predicted molar refractivity (Wildman–Crippen MR) is 49.5 cm³/mol. The van der Waals surface area contributed by atoms with E-state index < -0.39 is 0 Å². The summed E-state index contributed by atoms with van der Waals surface area (Å²) in [4.78, 5) is 3.38. The number of ether oxygens (including phenoxy) is 1. The van der Waals surface area contributed by atoms with E-state index in [9.17, 15) is 0 Å². The molecule has 0 aromatic heterocycles. The van der Waals surface area contributed by atoms with E-state index in [1.807, 2.05) is 13.8 Å². The van der Waals surface area contributed by atoms with Crippen molar-refractivity contribution in [3.05, 3.63) is 11.4 Å². The van der Waals surface area contributed by atoms with Gasteiger partial charge < -0.3 is 9.58 Å². The normalized spacial score (nSPS) is 11.7. The summed E-state index contributed by atoms with van der Waals surface area (Å²) in [5.41, 5.74) is 0. The summed E-state index contributed by atoms with van der Waals surface area (Å²) in [7, 11) is 0. The van der Waals surface area contributed by atoms with Gasteiger partial charge in [-0.25, -0.2) is 6.57 Å². The molecule has 1 atom stereocenters. The van der Waals surface area contributed by atoms with Gasteiger partial charge in [-0.15, -0.1) is 0 Å². The fourth-order valence-electron chi connectivity index (χ4n) is 0.747. The molecule has 0 saturated carbocycles. The van der Waals surface area contributed by atoms with E-state index in [-0.39, 0.29) is 6.04 Å². The molecule has 2 nitrogen and oxygen atoms in total. The van der Waals surface area contributed by atoms with Gasteiger partial charge in [-0.3, -0.25) is 0 Å². The van der Waals surface area contributed by atoms with Crippen LogP contribution in [0.3, 0.4) is 0 Å². The Morgan fingerprint density at radius 2 is 2.27 bits per heavy atom. The standard InChI is InChI=1S/C8H13NOS/c1-4-6-7(9-3)8(11)10-5-2/h7H,4-6H2,1-2H3. The van der Waals surface area contributed by atoms with Gasteiger partial charge in [0.15, 0.2) is 0 Å². The second kappa shape index (κ2) is 6.11. The third-order valence-corrected chi connectivity index (χ3v) is 1.67. The van der Waals surface area contributed by atoms with E-state index in [0.717, 1.165) is 12.8 Å². The summed E-state index contributed by atoms with van der Waals surface area (Å²) in [5, 5.41) is 0.448. The van der Waals surface area contributed by atoms with Gasteiger partial charge in [-0.05, 0) is 25.6 Å². The maximum Gasteiger partial charge on any atom is 0.290 e. The Hall–Kier alpha value is -0.620. The summed E-state index contributed by atoms with van der Waals surface area (Å²) in [6.45, 7) is 11.3. The van der Waals surface area contributed by atoms with Crippen molar-refractivity contribution in [2.75, 3.05) is 6.61 Å². The number of rotatable bonds is 4. The van der Waals surface area contributed by atoms with Crippen molar-refractivity contribution < 1.29 is 4.74 Å². The molecule has 0 spiro atoms. The molecule has 0 saturated heterocycles. The highest BCUT2D eigenvalue weighted by Crippen LogP contribution is 2.05. The van der Waals surface area contributed by atoms with Crippen molar-refractivity contribution in [2.45, 2.75) is 32.7 Å². The topological polar surface area (TPSA) is 13.6 Å². The molecule has 0 heterocycles. The first-order valence-electron chi connectivity index (χ1n) is 3.79. The molecule has 62 valence electrons. The van der Waals surface area contributed by atoms with E-state index in [0.29, 0.717) is 11.7 Å². The molecule has 0 N–H and O–H groups in total. The van der Waals surface area contributed by atoms with Crippen molar-refractivity contribution in [3.8, 4) is 0 Å². The van der Waals surface area contributed by atoms with Crippen LogP contribution in [-0.2, 0) is 4.74 Å². The lowest BCUT2D eigenvalue weighted by Crippen LogP contribution is -2.17. The third-order valence-electron chi connectivity index (χ3n) is 1.28. The van der Waals surface area contributed by atoms with Crippen molar-refractivity contribution >= 4 is 17.3 Å². The Balaban J connectivity index is 3.84. The van der Waals surface area contributed by atoms with Crippen LogP contribution in [-0.4, -0.2) is 17.7 Å². The van der Waals surface area contributed by atoms with E-state index in [1.54, 1.807) is 0 Å². The Kier molecular flexibility index (Phi) is 5.77. The zero-order chi connectivity index (χ0) is 8.69. The molecule has 0 aromatic rings. The summed E-state index contributed by atoms with van der Waals surface area (Å²) < 4.78 is 5.07. The van der Waals surface area contributed by atoms with Crippen LogP contribution in [0, 0.1) is 6.57 Å². The van der Waals surface area contributed by atoms with Gasteiger partial charge in [0.25, 0.3) is 6.04 Å². The van der Waals surface area contributed by atoms with E-state index in [1.165, 1.54) is 0 Å². The molecule has 0 radical (unpaired) electrons. The van der Waals surface area contributed by atoms with Crippen molar-refractivity contribution in [1.29, 1.82) is 0 Å². The minimum atomic E-state index is -0.213. The lowest BCUT2D eigenvalue weighted by Gasteiger charge is -2.05. The van der Waals surface area contributed by atoms with Crippen molar-refractivity contribution in [2.24, 2.45) is 0 Å². The second-order valence-electron chi connectivity index (χ2n) is 2.19. The van der Waals surface area contributed by atoms with Crippen LogP contribution < -0.4 is 0 Å². The van der Waals surface area contributed by atoms with E-state index in [4.69, 9.17) is 23.5 Å². The minimum absolute atomic E-state index is 0.213. The first kappa shape index (κ1) is 10.4. The molecule has 1 unspecified atom stereocenters. The first-order valence-corrected chi connectivity index (χ1v) is 4.20. The van der Waals surface area contributed by atoms with Crippen LogP contribution in [0.4, 0.5) is 0 Å². The zero-order valence-electron chi connectivity index (χ0n) is 6.96. The highest BCUT2D eigenvalue weighted by atomic mass is 32.1. The van der Waals surface area contributed by atoms with Gasteiger partial charge in [-0.2, -0.15) is 0 Å². The number of hydrogen-bond acceptors (Lipinski definition) is 2. The Labute approximate surface area is 73.4 Å². The van der Waals surface area contributed by atoms with E-state index >= 15 is 0 Å². The van der Waals surface area contributed by atoms with Gasteiger partial charge in [-0.1, -0.05) is 6.92 Å². The molecule has 3 heteroatoms. The molecule has 0 fully saturated rings. The highest BCUT2D eigenvalue weighted by molar-refractivity contribution is 7.80. The average molecular weight is 171 g/mol. The fourth-order valence-corrected chi connectivity index (χ4v) is 1.04. The lowest BCUT2D eigenvalue weighted by atomic mass is 10.2. The molecule has 0 bridgehead atoms. The smallest absolute Gasteiger partial charge is 0.290 e. The molecule has 0 aromatic carbocycles. The highest BCUT2D eigenvalue weighted by Gasteiger charge is 2.18. The maximum atomic E-state index is 6.83. The minimum Gasteiger partial charge on any atom is -0.481 e. The second-order valence-corrected chi connectivity index (χ2v) is 2.59. The zero-order valence-corrected chi connectivity index (χ0v) is 7.78. The van der Waals surface area contributed by atoms with Gasteiger partial charge in [0, 0.05) is 6.42 Å². The fraction of sp³-hybridized carbons (Fsp3) is 0.750. The molecule has 0 rings (SSSR count). The molecule has 0 aliphatic carbocycles. The Bertz CT molecular complexity index is 162. The van der Waals surface area contributed by atoms with Gasteiger partial charge in [0.2, 0.25) is 5.05 Å². The predicted octanol–water partition coefficient (Wildman–Crippen LogP) is 2.44. The summed E-state index contributed by atoms with van der Waals surface area (Å²) >= 11 is 4.90. The van der Waals surface area contributed by atoms with Crippen LogP contribution in [0.1, 0.15) is 26.7 Å². The molecule has 0 aliphatic rings. The average Bonchev–Trinajstić information content (AvgIpc) is 2.00. The largest absolute Gasteiger partial charge is 0.481 e. The number of hydrogen-bond donors (Lipinski definition) is 0. The quantitative estimate of drug-likeness (QED) is 0.476. The van der Waals surface area contributed by atoms with Crippen LogP contribution >= 0.6 is 12.2 Å². The third kappa shape index (κ3) is 3.94. The molecule has 0 aliphatic heterocycles. The SMILES string of the molecule is [C-]#[N+]C(CCC)C(=S)OCC. The van der Waals surface area contributed by atoms with Crippen LogP contribution in [0.25, 0.3) is 4.85 Å².